The van der Waals surface area contributed by atoms with E-state index in [1.807, 2.05) is 24.3 Å². The summed E-state index contributed by atoms with van der Waals surface area (Å²) in [7, 11) is 1.58. The lowest BCUT2D eigenvalue weighted by Gasteiger charge is -2.28. The van der Waals surface area contributed by atoms with Crippen LogP contribution in [0.5, 0.6) is 5.75 Å². The lowest BCUT2D eigenvalue weighted by Crippen LogP contribution is -2.40. The molecule has 0 atom stereocenters. The molecule has 1 saturated heterocycles. The number of piperidine rings is 1. The van der Waals surface area contributed by atoms with Gasteiger partial charge in [0, 0.05) is 37.4 Å². The fraction of sp³-hybridized carbons (Fsp3) is 0.391. The summed E-state index contributed by atoms with van der Waals surface area (Å²) in [6.45, 7) is 2.91. The number of nitrogens with zero attached hydrogens (tertiary/aromatic N) is 1. The van der Waals surface area contributed by atoms with E-state index < -0.39 is 11.8 Å². The highest BCUT2D eigenvalue weighted by atomic mass is 16.5. The number of ether oxygens (including phenoxy) is 1. The largest absolute Gasteiger partial charge is 0.496 e. The van der Waals surface area contributed by atoms with E-state index in [-0.39, 0.29) is 6.54 Å². The van der Waals surface area contributed by atoms with Crippen LogP contribution in [0.3, 0.4) is 0 Å². The minimum absolute atomic E-state index is 0.244. The number of carbonyl (C=O) groups excluding carboxylic acids is 2. The zero-order valence-electron chi connectivity index (χ0n) is 16.9. The van der Waals surface area contributed by atoms with Gasteiger partial charge in [0.05, 0.1) is 7.11 Å². The zero-order chi connectivity index (χ0) is 20.5. The Morgan fingerprint density at radius 3 is 2.34 bits per heavy atom. The first-order chi connectivity index (χ1) is 14.2. The average Bonchev–Trinajstić information content (AvgIpc) is 2.78. The molecule has 2 aromatic carbocycles. The molecule has 0 saturated carbocycles. The molecule has 1 heterocycles. The van der Waals surface area contributed by atoms with Crippen molar-refractivity contribution in [2.45, 2.75) is 32.2 Å². The monoisotopic (exact) mass is 395 g/mol. The Hall–Kier alpha value is -3.02. The van der Waals surface area contributed by atoms with Crippen LogP contribution in [0.15, 0.2) is 48.5 Å². The fourth-order valence-electron chi connectivity index (χ4n) is 3.53. The van der Waals surface area contributed by atoms with Gasteiger partial charge in [-0.1, -0.05) is 30.3 Å². The molecule has 0 unspecified atom stereocenters. The fourth-order valence-corrected chi connectivity index (χ4v) is 3.53. The SMILES string of the molecule is COc1ccccc1CNC(=O)C(=O)NCCc1ccc(N2CCCCC2)cc1. The molecule has 1 aliphatic heterocycles. The molecule has 2 amide bonds. The van der Waals surface area contributed by atoms with Crippen molar-refractivity contribution in [3.05, 3.63) is 59.7 Å². The van der Waals surface area contributed by atoms with Crippen LogP contribution in [-0.4, -0.2) is 38.6 Å². The number of rotatable bonds is 7. The number of carbonyl (C=O) groups is 2. The molecule has 0 aromatic heterocycles. The molecule has 6 heteroatoms. The van der Waals surface area contributed by atoms with Gasteiger partial charge in [-0.15, -0.1) is 0 Å². The van der Waals surface area contributed by atoms with Crippen LogP contribution in [0.25, 0.3) is 0 Å². The van der Waals surface area contributed by atoms with E-state index >= 15 is 0 Å². The van der Waals surface area contributed by atoms with E-state index in [1.54, 1.807) is 7.11 Å². The third-order valence-corrected chi connectivity index (χ3v) is 5.19. The van der Waals surface area contributed by atoms with Gasteiger partial charge in [0.15, 0.2) is 0 Å². The first kappa shape index (κ1) is 20.7. The summed E-state index contributed by atoms with van der Waals surface area (Å²) in [5.74, 6) is -0.581. The lowest BCUT2D eigenvalue weighted by molar-refractivity contribution is -0.139. The first-order valence-corrected chi connectivity index (χ1v) is 10.2. The topological polar surface area (TPSA) is 70.7 Å². The van der Waals surface area contributed by atoms with Crippen LogP contribution in [0.1, 0.15) is 30.4 Å². The minimum atomic E-state index is -0.642. The number of benzene rings is 2. The smallest absolute Gasteiger partial charge is 0.309 e. The third-order valence-electron chi connectivity index (χ3n) is 5.19. The Kier molecular flexibility index (Phi) is 7.50. The van der Waals surface area contributed by atoms with Gasteiger partial charge in [-0.3, -0.25) is 9.59 Å². The normalized spacial score (nSPS) is 13.6. The molecule has 2 aromatic rings. The lowest BCUT2D eigenvalue weighted by atomic mass is 10.1. The van der Waals surface area contributed by atoms with Gasteiger partial charge in [0.2, 0.25) is 0 Å². The molecule has 0 spiro atoms. The second-order valence-corrected chi connectivity index (χ2v) is 7.21. The summed E-state index contributed by atoms with van der Waals surface area (Å²) in [5.41, 5.74) is 3.22. The van der Waals surface area contributed by atoms with Gasteiger partial charge in [0.25, 0.3) is 0 Å². The maximum absolute atomic E-state index is 12.0. The van der Waals surface area contributed by atoms with E-state index in [2.05, 4.69) is 39.8 Å². The molecule has 2 N–H and O–H groups in total. The van der Waals surface area contributed by atoms with E-state index in [9.17, 15) is 9.59 Å². The molecular weight excluding hydrogens is 366 g/mol. The second-order valence-electron chi connectivity index (χ2n) is 7.21. The maximum atomic E-state index is 12.0. The number of hydrogen-bond donors (Lipinski definition) is 2. The van der Waals surface area contributed by atoms with Crippen LogP contribution < -0.4 is 20.3 Å². The molecule has 1 fully saturated rings. The van der Waals surface area contributed by atoms with E-state index in [1.165, 1.54) is 24.9 Å². The van der Waals surface area contributed by atoms with Crippen LogP contribution in [0.4, 0.5) is 5.69 Å². The number of methoxy groups -OCH3 is 1. The Balaban J connectivity index is 1.40. The summed E-state index contributed by atoms with van der Waals surface area (Å²) in [4.78, 5) is 26.4. The standard InChI is InChI=1S/C23H29N3O3/c1-29-21-8-4-3-7-19(21)17-25-23(28)22(27)24-14-13-18-9-11-20(12-10-18)26-15-5-2-6-16-26/h3-4,7-12H,2,5-6,13-17H2,1H3,(H,24,27)(H,25,28). The van der Waals surface area contributed by atoms with Crippen molar-refractivity contribution in [2.24, 2.45) is 0 Å². The van der Waals surface area contributed by atoms with Crippen molar-refractivity contribution in [3.8, 4) is 5.75 Å². The maximum Gasteiger partial charge on any atom is 0.309 e. The molecule has 0 bridgehead atoms. The molecule has 3 rings (SSSR count). The predicted octanol–water partition coefficient (Wildman–Crippen LogP) is 2.66. The van der Waals surface area contributed by atoms with Gasteiger partial charge in [0.1, 0.15) is 5.75 Å². The van der Waals surface area contributed by atoms with Crippen molar-refractivity contribution in [1.82, 2.24) is 10.6 Å². The summed E-state index contributed by atoms with van der Waals surface area (Å²) >= 11 is 0. The molecule has 6 nitrogen and oxygen atoms in total. The Labute approximate surface area is 172 Å². The first-order valence-electron chi connectivity index (χ1n) is 10.2. The molecule has 1 aliphatic rings. The third kappa shape index (κ3) is 5.98. The highest BCUT2D eigenvalue weighted by molar-refractivity contribution is 6.35. The van der Waals surface area contributed by atoms with Crippen LogP contribution >= 0.6 is 0 Å². The second kappa shape index (κ2) is 10.5. The Morgan fingerprint density at radius 1 is 0.931 bits per heavy atom. The van der Waals surface area contributed by atoms with Gasteiger partial charge < -0.3 is 20.3 Å². The molecule has 0 radical (unpaired) electrons. The van der Waals surface area contributed by atoms with Crippen LogP contribution in [0, 0.1) is 0 Å². The average molecular weight is 396 g/mol. The summed E-state index contributed by atoms with van der Waals surface area (Å²) in [6, 6.07) is 15.9. The van der Waals surface area contributed by atoms with Gasteiger partial charge in [-0.05, 0) is 49.4 Å². The zero-order valence-corrected chi connectivity index (χ0v) is 16.9. The quantitative estimate of drug-likeness (QED) is 0.707. The van der Waals surface area contributed by atoms with E-state index in [4.69, 9.17) is 4.74 Å². The predicted molar refractivity (Wildman–Crippen MR) is 114 cm³/mol. The number of anilines is 1. The molecule has 154 valence electrons. The molecule has 0 aliphatic carbocycles. The van der Waals surface area contributed by atoms with Crippen molar-refractivity contribution in [2.75, 3.05) is 31.6 Å². The van der Waals surface area contributed by atoms with Crippen molar-refractivity contribution >= 4 is 17.5 Å². The van der Waals surface area contributed by atoms with Gasteiger partial charge in [-0.25, -0.2) is 0 Å². The summed E-state index contributed by atoms with van der Waals surface area (Å²) in [5, 5.41) is 5.31. The van der Waals surface area contributed by atoms with Crippen LogP contribution in [0.2, 0.25) is 0 Å². The van der Waals surface area contributed by atoms with Crippen molar-refractivity contribution in [1.29, 1.82) is 0 Å². The van der Waals surface area contributed by atoms with Crippen LogP contribution in [-0.2, 0) is 22.6 Å². The number of amides is 2. The molecular formula is C23H29N3O3. The Morgan fingerprint density at radius 2 is 1.62 bits per heavy atom. The highest BCUT2D eigenvalue weighted by Crippen LogP contribution is 2.20. The molecule has 29 heavy (non-hydrogen) atoms. The number of hydrogen-bond acceptors (Lipinski definition) is 4. The van der Waals surface area contributed by atoms with Crippen molar-refractivity contribution in [3.63, 3.8) is 0 Å². The summed E-state index contributed by atoms with van der Waals surface area (Å²) in [6.07, 6.45) is 4.52. The van der Waals surface area contributed by atoms with E-state index in [0.717, 1.165) is 24.2 Å². The highest BCUT2D eigenvalue weighted by Gasteiger charge is 2.14. The number of nitrogens with one attached hydrogen (secondary N) is 2. The van der Waals surface area contributed by atoms with Crippen molar-refractivity contribution < 1.29 is 14.3 Å². The summed E-state index contributed by atoms with van der Waals surface area (Å²) < 4.78 is 5.24. The van der Waals surface area contributed by atoms with E-state index in [0.29, 0.717) is 18.7 Å². The number of para-hydroxylation sites is 1. The van der Waals surface area contributed by atoms with Gasteiger partial charge in [-0.2, -0.15) is 0 Å². The van der Waals surface area contributed by atoms with Gasteiger partial charge >= 0.3 is 11.8 Å². The minimum Gasteiger partial charge on any atom is -0.496 e. The Bertz CT molecular complexity index is 814.